The Morgan fingerprint density at radius 2 is 1.59 bits per heavy atom. The van der Waals surface area contributed by atoms with E-state index in [1.165, 1.54) is 4.31 Å². The van der Waals surface area contributed by atoms with E-state index in [-0.39, 0.29) is 0 Å². The molecule has 5 heteroatoms. The molecule has 0 fully saturated rings. The molecule has 0 saturated heterocycles. The quantitative estimate of drug-likeness (QED) is 0.685. The normalized spacial score (nSPS) is 14.6. The van der Waals surface area contributed by atoms with Crippen LogP contribution in [0.15, 0.2) is 64.5 Å². The second kappa shape index (κ2) is 6.50. The molecular formula is C22H22N2O2S. The minimum absolute atomic E-state index is 0.369. The molecule has 0 N–H and O–H groups in total. The van der Waals surface area contributed by atoms with Gasteiger partial charge in [-0.15, -0.1) is 0 Å². The monoisotopic (exact) mass is 378 g/mol. The van der Waals surface area contributed by atoms with E-state index in [1.54, 1.807) is 0 Å². The van der Waals surface area contributed by atoms with Gasteiger partial charge in [-0.3, -0.25) is 4.99 Å². The molecule has 0 amide bonds. The number of rotatable bonds is 3. The maximum Gasteiger partial charge on any atom is 0.266 e. The first-order valence-electron chi connectivity index (χ1n) is 9.03. The fourth-order valence-corrected chi connectivity index (χ4v) is 5.85. The number of hydrogen-bond donors (Lipinski definition) is 0. The third-order valence-electron chi connectivity index (χ3n) is 4.98. The summed E-state index contributed by atoms with van der Waals surface area (Å²) in [6.45, 7) is 6.54. The van der Waals surface area contributed by atoms with Crippen LogP contribution in [-0.2, 0) is 10.0 Å². The number of aliphatic imine (C=N–C) groups is 1. The molecule has 4 rings (SSSR count). The van der Waals surface area contributed by atoms with Crippen molar-refractivity contribution in [3.05, 3.63) is 76.9 Å². The zero-order valence-corrected chi connectivity index (χ0v) is 16.5. The number of hydrogen-bond acceptors (Lipinski definition) is 3. The highest BCUT2D eigenvalue weighted by Gasteiger charge is 2.34. The molecule has 1 aliphatic rings. The van der Waals surface area contributed by atoms with E-state index in [9.17, 15) is 8.42 Å². The summed E-state index contributed by atoms with van der Waals surface area (Å²) in [5, 5.41) is 2.09. The van der Waals surface area contributed by atoms with E-state index in [0.29, 0.717) is 23.8 Å². The van der Waals surface area contributed by atoms with Crippen LogP contribution in [0.3, 0.4) is 0 Å². The molecule has 0 aromatic heterocycles. The summed E-state index contributed by atoms with van der Waals surface area (Å²) in [4.78, 5) is 4.96. The summed E-state index contributed by atoms with van der Waals surface area (Å²) in [5.74, 6) is 0.533. The van der Waals surface area contributed by atoms with Crippen LogP contribution in [0.2, 0.25) is 0 Å². The van der Waals surface area contributed by atoms with Crippen molar-refractivity contribution in [2.45, 2.75) is 25.7 Å². The van der Waals surface area contributed by atoms with Crippen LogP contribution in [0.1, 0.15) is 22.3 Å². The molecule has 0 spiro atoms. The average molecular weight is 378 g/mol. The second-order valence-corrected chi connectivity index (χ2v) is 8.84. The zero-order chi connectivity index (χ0) is 19.2. The minimum Gasteiger partial charge on any atom is -0.265 e. The van der Waals surface area contributed by atoms with E-state index in [4.69, 9.17) is 0 Å². The summed E-state index contributed by atoms with van der Waals surface area (Å²) >= 11 is 0. The van der Waals surface area contributed by atoms with Gasteiger partial charge >= 0.3 is 0 Å². The Kier molecular flexibility index (Phi) is 4.27. The van der Waals surface area contributed by atoms with Crippen molar-refractivity contribution in [1.29, 1.82) is 0 Å². The molecule has 0 aliphatic carbocycles. The standard InChI is InChI=1S/C22H22N2O2S/c1-15-13-16(2)21(17(3)14-15)27(25,26)24-12-11-23-22(24)20-10-6-8-18-7-4-5-9-19(18)20/h4-10,13-14H,11-12H2,1-3H3. The lowest BCUT2D eigenvalue weighted by molar-refractivity contribution is 0.536. The molecule has 0 unspecified atom stereocenters. The van der Waals surface area contributed by atoms with Crippen molar-refractivity contribution in [2.75, 3.05) is 13.1 Å². The molecule has 3 aromatic carbocycles. The van der Waals surface area contributed by atoms with Crippen molar-refractivity contribution in [3.63, 3.8) is 0 Å². The van der Waals surface area contributed by atoms with Gasteiger partial charge in [0.2, 0.25) is 0 Å². The van der Waals surface area contributed by atoms with Crippen LogP contribution in [0.5, 0.6) is 0 Å². The van der Waals surface area contributed by atoms with Gasteiger partial charge in [0.1, 0.15) is 5.84 Å². The van der Waals surface area contributed by atoms with Crippen LogP contribution in [0.4, 0.5) is 0 Å². The summed E-state index contributed by atoms with van der Waals surface area (Å²) in [5.41, 5.74) is 3.47. The summed E-state index contributed by atoms with van der Waals surface area (Å²) in [6, 6.07) is 17.8. The van der Waals surface area contributed by atoms with Gasteiger partial charge in [-0.25, -0.2) is 12.7 Å². The number of nitrogens with zero attached hydrogens (tertiary/aromatic N) is 2. The zero-order valence-electron chi connectivity index (χ0n) is 15.7. The highest BCUT2D eigenvalue weighted by atomic mass is 32.2. The molecule has 138 valence electrons. The predicted molar refractivity (Wildman–Crippen MR) is 110 cm³/mol. The van der Waals surface area contributed by atoms with E-state index >= 15 is 0 Å². The number of aryl methyl sites for hydroxylation is 3. The molecule has 0 saturated carbocycles. The van der Waals surface area contributed by atoms with Crippen molar-refractivity contribution in [2.24, 2.45) is 4.99 Å². The van der Waals surface area contributed by atoms with Gasteiger partial charge in [0, 0.05) is 5.56 Å². The van der Waals surface area contributed by atoms with Crippen LogP contribution < -0.4 is 0 Å². The van der Waals surface area contributed by atoms with Crippen molar-refractivity contribution in [3.8, 4) is 0 Å². The molecule has 0 radical (unpaired) electrons. The van der Waals surface area contributed by atoms with E-state index < -0.39 is 10.0 Å². The van der Waals surface area contributed by atoms with Crippen LogP contribution in [0, 0.1) is 20.8 Å². The van der Waals surface area contributed by atoms with Crippen molar-refractivity contribution < 1.29 is 8.42 Å². The predicted octanol–water partition coefficient (Wildman–Crippen LogP) is 4.22. The van der Waals surface area contributed by atoms with E-state index in [0.717, 1.165) is 33.0 Å². The number of fused-ring (bicyclic) bond motifs is 1. The molecule has 1 heterocycles. The first-order chi connectivity index (χ1) is 12.9. The van der Waals surface area contributed by atoms with E-state index in [2.05, 4.69) is 4.99 Å². The smallest absolute Gasteiger partial charge is 0.265 e. The van der Waals surface area contributed by atoms with Gasteiger partial charge in [-0.2, -0.15) is 0 Å². The van der Waals surface area contributed by atoms with Crippen LogP contribution in [-0.4, -0.2) is 31.6 Å². The maximum absolute atomic E-state index is 13.6. The van der Waals surface area contributed by atoms with Gasteiger partial charge in [0.25, 0.3) is 10.0 Å². The fourth-order valence-electron chi connectivity index (χ4n) is 3.99. The minimum atomic E-state index is -3.68. The first kappa shape index (κ1) is 17.7. The molecule has 1 aliphatic heterocycles. The summed E-state index contributed by atoms with van der Waals surface area (Å²) < 4.78 is 28.6. The van der Waals surface area contributed by atoms with Crippen molar-refractivity contribution in [1.82, 2.24) is 4.31 Å². The first-order valence-corrected chi connectivity index (χ1v) is 10.5. The number of sulfonamides is 1. The Bertz CT molecular complexity index is 1150. The largest absolute Gasteiger partial charge is 0.266 e. The molecule has 4 nitrogen and oxygen atoms in total. The Morgan fingerprint density at radius 1 is 0.926 bits per heavy atom. The van der Waals surface area contributed by atoms with Gasteiger partial charge in [-0.1, -0.05) is 60.2 Å². The Hall–Kier alpha value is -2.66. The van der Waals surface area contributed by atoms with Gasteiger partial charge in [0.15, 0.2) is 0 Å². The lowest BCUT2D eigenvalue weighted by atomic mass is 10.0. The second-order valence-electron chi connectivity index (χ2n) is 7.04. The van der Waals surface area contributed by atoms with Gasteiger partial charge < -0.3 is 0 Å². The molecule has 0 atom stereocenters. The third kappa shape index (κ3) is 2.92. The van der Waals surface area contributed by atoms with Gasteiger partial charge in [0.05, 0.1) is 18.0 Å². The van der Waals surface area contributed by atoms with Crippen LogP contribution >= 0.6 is 0 Å². The average Bonchev–Trinajstić information content (AvgIpc) is 3.10. The van der Waals surface area contributed by atoms with Crippen molar-refractivity contribution >= 4 is 26.6 Å². The van der Waals surface area contributed by atoms with Crippen LogP contribution in [0.25, 0.3) is 10.8 Å². The molecule has 3 aromatic rings. The summed E-state index contributed by atoms with van der Waals surface area (Å²) in [7, 11) is -3.68. The lowest BCUT2D eigenvalue weighted by Gasteiger charge is -2.23. The highest BCUT2D eigenvalue weighted by molar-refractivity contribution is 7.89. The third-order valence-corrected chi connectivity index (χ3v) is 7.08. The van der Waals surface area contributed by atoms with Gasteiger partial charge in [-0.05, 0) is 42.7 Å². The molecule has 0 bridgehead atoms. The SMILES string of the molecule is Cc1cc(C)c(S(=O)(=O)N2CCN=C2c2cccc3ccccc23)c(C)c1. The Labute approximate surface area is 160 Å². The topological polar surface area (TPSA) is 49.7 Å². The summed E-state index contributed by atoms with van der Waals surface area (Å²) in [6.07, 6.45) is 0. The molecule has 27 heavy (non-hydrogen) atoms. The number of benzene rings is 3. The number of amidine groups is 1. The molecular weight excluding hydrogens is 356 g/mol. The Balaban J connectivity index is 1.86. The Morgan fingerprint density at radius 3 is 2.33 bits per heavy atom. The fraction of sp³-hybridized carbons (Fsp3) is 0.227. The van der Waals surface area contributed by atoms with E-state index in [1.807, 2.05) is 75.4 Å². The highest BCUT2D eigenvalue weighted by Crippen LogP contribution is 2.30. The lowest BCUT2D eigenvalue weighted by Crippen LogP contribution is -2.35. The maximum atomic E-state index is 13.6.